The monoisotopic (exact) mass is 279 g/mol. The Labute approximate surface area is 122 Å². The molecule has 1 aliphatic carbocycles. The standard InChI is InChI=1S/C17H26ClN/c1-12(2)14-9-17(10-14,11-19-13(3)4)15-7-5-6-8-16(15)18/h5-8,12-14,19H,9-11H2,1-4H3. The molecule has 0 amide bonds. The van der Waals surface area contributed by atoms with Crippen LogP contribution in [0.3, 0.4) is 0 Å². The summed E-state index contributed by atoms with van der Waals surface area (Å²) in [4.78, 5) is 0. The molecule has 0 heterocycles. The van der Waals surface area contributed by atoms with Crippen molar-refractivity contribution in [1.82, 2.24) is 5.32 Å². The Kier molecular flexibility index (Phi) is 4.58. The summed E-state index contributed by atoms with van der Waals surface area (Å²) in [6.45, 7) is 10.1. The average molecular weight is 280 g/mol. The lowest BCUT2D eigenvalue weighted by Crippen LogP contribution is -2.51. The smallest absolute Gasteiger partial charge is 0.0444 e. The summed E-state index contributed by atoms with van der Waals surface area (Å²) < 4.78 is 0. The van der Waals surface area contributed by atoms with Crippen molar-refractivity contribution >= 4 is 11.6 Å². The van der Waals surface area contributed by atoms with Crippen molar-refractivity contribution in [3.8, 4) is 0 Å². The maximum absolute atomic E-state index is 6.44. The molecule has 0 bridgehead atoms. The highest BCUT2D eigenvalue weighted by atomic mass is 35.5. The zero-order valence-corrected chi connectivity index (χ0v) is 13.3. The molecule has 1 N–H and O–H groups in total. The maximum atomic E-state index is 6.44. The Morgan fingerprint density at radius 2 is 1.84 bits per heavy atom. The summed E-state index contributed by atoms with van der Waals surface area (Å²) in [6, 6.07) is 8.89. The number of benzene rings is 1. The van der Waals surface area contributed by atoms with Crippen molar-refractivity contribution in [3.63, 3.8) is 0 Å². The first-order valence-corrected chi connectivity index (χ1v) is 7.81. The molecule has 2 heteroatoms. The Balaban J connectivity index is 2.19. The fourth-order valence-electron chi connectivity index (χ4n) is 3.17. The minimum atomic E-state index is 0.248. The lowest BCUT2D eigenvalue weighted by molar-refractivity contribution is 0.0959. The third-order valence-electron chi connectivity index (χ3n) is 4.54. The third-order valence-corrected chi connectivity index (χ3v) is 4.87. The highest BCUT2D eigenvalue weighted by Gasteiger charge is 2.46. The predicted octanol–water partition coefficient (Wildman–Crippen LogP) is 4.64. The van der Waals surface area contributed by atoms with E-state index in [1.54, 1.807) is 0 Å². The molecule has 2 rings (SSSR count). The van der Waals surface area contributed by atoms with Crippen molar-refractivity contribution in [2.45, 2.75) is 52.0 Å². The van der Waals surface area contributed by atoms with Crippen LogP contribution in [-0.4, -0.2) is 12.6 Å². The Bertz CT molecular complexity index is 414. The average Bonchev–Trinajstić information content (AvgIpc) is 2.28. The van der Waals surface area contributed by atoms with Crippen LogP contribution < -0.4 is 5.32 Å². The van der Waals surface area contributed by atoms with Gasteiger partial charge in [0, 0.05) is 23.0 Å². The van der Waals surface area contributed by atoms with E-state index in [2.05, 4.69) is 45.1 Å². The number of hydrogen-bond acceptors (Lipinski definition) is 1. The lowest BCUT2D eigenvalue weighted by Gasteiger charge is -2.51. The summed E-state index contributed by atoms with van der Waals surface area (Å²) in [5.74, 6) is 1.61. The largest absolute Gasteiger partial charge is 0.314 e. The summed E-state index contributed by atoms with van der Waals surface area (Å²) in [5.41, 5.74) is 1.58. The maximum Gasteiger partial charge on any atom is 0.0444 e. The molecule has 1 nitrogen and oxygen atoms in total. The normalized spacial score (nSPS) is 26.8. The van der Waals surface area contributed by atoms with Crippen molar-refractivity contribution in [2.75, 3.05) is 6.54 Å². The first kappa shape index (κ1) is 14.9. The molecule has 0 unspecified atom stereocenters. The van der Waals surface area contributed by atoms with Crippen LogP contribution in [0.15, 0.2) is 24.3 Å². The molecular weight excluding hydrogens is 254 g/mol. The van der Waals surface area contributed by atoms with Gasteiger partial charge in [0.15, 0.2) is 0 Å². The van der Waals surface area contributed by atoms with Gasteiger partial charge in [-0.15, -0.1) is 0 Å². The van der Waals surface area contributed by atoms with Gasteiger partial charge in [-0.25, -0.2) is 0 Å². The van der Waals surface area contributed by atoms with E-state index in [0.29, 0.717) is 6.04 Å². The molecule has 1 aromatic carbocycles. The summed E-state index contributed by atoms with van der Waals surface area (Å²) in [5, 5.41) is 4.54. The number of nitrogens with one attached hydrogen (secondary N) is 1. The van der Waals surface area contributed by atoms with Gasteiger partial charge >= 0.3 is 0 Å². The van der Waals surface area contributed by atoms with Crippen molar-refractivity contribution in [3.05, 3.63) is 34.9 Å². The van der Waals surface area contributed by atoms with Crippen molar-refractivity contribution in [1.29, 1.82) is 0 Å². The predicted molar refractivity (Wildman–Crippen MR) is 83.8 cm³/mol. The molecule has 0 atom stereocenters. The van der Waals surface area contributed by atoms with E-state index in [0.717, 1.165) is 23.4 Å². The fraction of sp³-hybridized carbons (Fsp3) is 0.647. The highest BCUT2D eigenvalue weighted by Crippen LogP contribution is 2.51. The molecule has 19 heavy (non-hydrogen) atoms. The van der Waals surface area contributed by atoms with Crippen LogP contribution in [0.1, 0.15) is 46.1 Å². The van der Waals surface area contributed by atoms with Gasteiger partial charge in [0.2, 0.25) is 0 Å². The molecule has 0 spiro atoms. The van der Waals surface area contributed by atoms with E-state index >= 15 is 0 Å². The van der Waals surface area contributed by atoms with Crippen LogP contribution >= 0.6 is 11.6 Å². The third kappa shape index (κ3) is 3.14. The molecule has 0 aromatic heterocycles. The van der Waals surface area contributed by atoms with E-state index in [-0.39, 0.29) is 5.41 Å². The van der Waals surface area contributed by atoms with Crippen molar-refractivity contribution in [2.24, 2.45) is 11.8 Å². The molecule has 1 aliphatic rings. The minimum absolute atomic E-state index is 0.248. The second-order valence-corrected chi connectivity index (χ2v) is 7.12. The molecule has 0 aliphatic heterocycles. The van der Waals surface area contributed by atoms with Crippen LogP contribution in [0, 0.1) is 11.8 Å². The quantitative estimate of drug-likeness (QED) is 0.828. The molecule has 1 fully saturated rings. The Hall–Kier alpha value is -0.530. The molecule has 1 saturated carbocycles. The Morgan fingerprint density at radius 1 is 1.21 bits per heavy atom. The van der Waals surface area contributed by atoms with E-state index in [1.807, 2.05) is 12.1 Å². The molecule has 1 aromatic rings. The van der Waals surface area contributed by atoms with Gasteiger partial charge in [-0.3, -0.25) is 0 Å². The fourth-order valence-corrected chi connectivity index (χ4v) is 3.50. The molecule has 0 radical (unpaired) electrons. The second kappa shape index (κ2) is 5.85. The topological polar surface area (TPSA) is 12.0 Å². The molecule has 0 saturated heterocycles. The van der Waals surface area contributed by atoms with E-state index in [9.17, 15) is 0 Å². The van der Waals surface area contributed by atoms with Gasteiger partial charge in [0.05, 0.1) is 0 Å². The second-order valence-electron chi connectivity index (χ2n) is 6.71. The van der Waals surface area contributed by atoms with Crippen LogP contribution in [0.5, 0.6) is 0 Å². The van der Waals surface area contributed by atoms with E-state index in [1.165, 1.54) is 18.4 Å². The van der Waals surface area contributed by atoms with Crippen LogP contribution in [0.25, 0.3) is 0 Å². The SMILES string of the molecule is CC(C)NCC1(c2ccccc2Cl)CC(C(C)C)C1. The van der Waals surface area contributed by atoms with Crippen LogP contribution in [-0.2, 0) is 5.41 Å². The van der Waals surface area contributed by atoms with Gasteiger partial charge in [-0.2, -0.15) is 0 Å². The highest BCUT2D eigenvalue weighted by molar-refractivity contribution is 6.31. The number of rotatable bonds is 5. The van der Waals surface area contributed by atoms with Crippen LogP contribution in [0.4, 0.5) is 0 Å². The van der Waals surface area contributed by atoms with Gasteiger partial charge < -0.3 is 5.32 Å². The lowest BCUT2D eigenvalue weighted by atomic mass is 9.55. The minimum Gasteiger partial charge on any atom is -0.314 e. The van der Waals surface area contributed by atoms with Gasteiger partial charge in [0.25, 0.3) is 0 Å². The van der Waals surface area contributed by atoms with Gasteiger partial charge in [0.1, 0.15) is 0 Å². The molecule has 106 valence electrons. The zero-order valence-electron chi connectivity index (χ0n) is 12.5. The summed E-state index contributed by atoms with van der Waals surface area (Å²) in [6.07, 6.45) is 2.52. The zero-order chi connectivity index (χ0) is 14.0. The van der Waals surface area contributed by atoms with Crippen LogP contribution in [0.2, 0.25) is 5.02 Å². The summed E-state index contributed by atoms with van der Waals surface area (Å²) in [7, 11) is 0. The number of hydrogen-bond donors (Lipinski definition) is 1. The first-order valence-electron chi connectivity index (χ1n) is 7.43. The number of halogens is 1. The van der Waals surface area contributed by atoms with Crippen molar-refractivity contribution < 1.29 is 0 Å². The summed E-state index contributed by atoms with van der Waals surface area (Å²) >= 11 is 6.44. The van der Waals surface area contributed by atoms with Gasteiger partial charge in [-0.1, -0.05) is 57.5 Å². The van der Waals surface area contributed by atoms with Gasteiger partial charge in [-0.05, 0) is 36.3 Å². The Morgan fingerprint density at radius 3 is 2.37 bits per heavy atom. The first-order chi connectivity index (χ1) is 8.94. The van der Waals surface area contributed by atoms with E-state index < -0.39 is 0 Å². The molecular formula is C17H26ClN. The van der Waals surface area contributed by atoms with E-state index in [4.69, 9.17) is 11.6 Å².